The zero-order valence-electron chi connectivity index (χ0n) is 16.4. The molecule has 0 aliphatic carbocycles. The summed E-state index contributed by atoms with van der Waals surface area (Å²) in [5, 5.41) is 0. The first-order chi connectivity index (χ1) is 14.0. The lowest BCUT2D eigenvalue weighted by Crippen LogP contribution is -2.39. The Morgan fingerprint density at radius 3 is 2.45 bits per heavy atom. The molecule has 4 rings (SSSR count). The lowest BCUT2D eigenvalue weighted by atomic mass is 9.98. The topological polar surface area (TPSA) is 42.3 Å². The molecule has 0 N–H and O–H groups in total. The average Bonchev–Trinajstić information content (AvgIpc) is 2.73. The van der Waals surface area contributed by atoms with Crippen molar-refractivity contribution in [1.82, 2.24) is 9.47 Å². The molecular weight excluding hydrogens is 367 g/mol. The molecule has 0 atom stereocenters. The van der Waals surface area contributed by atoms with E-state index < -0.39 is 0 Å². The van der Waals surface area contributed by atoms with Gasteiger partial charge in [0.05, 0.1) is 6.54 Å². The van der Waals surface area contributed by atoms with Crippen LogP contribution in [-0.4, -0.2) is 21.9 Å². The van der Waals surface area contributed by atoms with Crippen molar-refractivity contribution in [2.45, 2.75) is 32.9 Å². The van der Waals surface area contributed by atoms with E-state index in [4.69, 9.17) is 0 Å². The van der Waals surface area contributed by atoms with Crippen LogP contribution >= 0.6 is 0 Å². The maximum atomic E-state index is 13.3. The van der Waals surface area contributed by atoms with E-state index in [0.29, 0.717) is 38.0 Å². The van der Waals surface area contributed by atoms with Crippen LogP contribution in [-0.2, 0) is 30.7 Å². The molecule has 4 nitrogen and oxygen atoms in total. The number of carbonyl (C=O) groups is 1. The summed E-state index contributed by atoms with van der Waals surface area (Å²) in [6, 6.07) is 18.1. The van der Waals surface area contributed by atoms with Crippen LogP contribution in [0.25, 0.3) is 0 Å². The number of rotatable bonds is 4. The lowest BCUT2D eigenvalue weighted by molar-refractivity contribution is -0.129. The van der Waals surface area contributed by atoms with E-state index in [1.165, 1.54) is 12.1 Å². The molecule has 5 heteroatoms. The smallest absolute Gasteiger partial charge is 0.254 e. The molecule has 1 aliphatic heterocycles. The molecule has 29 heavy (non-hydrogen) atoms. The number of fused-ring (bicyclic) bond motifs is 1. The highest BCUT2D eigenvalue weighted by Crippen LogP contribution is 2.21. The van der Waals surface area contributed by atoms with Gasteiger partial charge in [-0.05, 0) is 34.9 Å². The standard InChI is InChI=1S/C24H23FN2O2/c1-17(28)26-12-11-23-21(16-26)14-20(13-18-5-3-2-4-6-18)24(29)27(23)15-19-7-9-22(25)10-8-19/h2-10,14H,11-13,15-16H2,1H3. The molecule has 0 unspecified atom stereocenters. The molecule has 0 radical (unpaired) electrons. The minimum absolute atomic E-state index is 0.0202. The van der Waals surface area contributed by atoms with Crippen LogP contribution < -0.4 is 5.56 Å². The number of hydrogen-bond donors (Lipinski definition) is 0. The summed E-state index contributed by atoms with van der Waals surface area (Å²) in [4.78, 5) is 27.0. The van der Waals surface area contributed by atoms with E-state index in [-0.39, 0.29) is 17.3 Å². The van der Waals surface area contributed by atoms with Crippen LogP contribution in [0.5, 0.6) is 0 Å². The summed E-state index contributed by atoms with van der Waals surface area (Å²) in [6.07, 6.45) is 1.17. The third kappa shape index (κ3) is 4.14. The number of carbonyl (C=O) groups excluding carboxylic acids is 1. The van der Waals surface area contributed by atoms with Crippen molar-refractivity contribution in [1.29, 1.82) is 0 Å². The van der Waals surface area contributed by atoms with E-state index in [0.717, 1.165) is 22.4 Å². The number of pyridine rings is 1. The molecule has 3 aromatic rings. The van der Waals surface area contributed by atoms with Gasteiger partial charge in [0.1, 0.15) is 5.82 Å². The molecule has 148 valence electrons. The van der Waals surface area contributed by atoms with Crippen LogP contribution in [0.15, 0.2) is 65.5 Å². The van der Waals surface area contributed by atoms with Gasteiger partial charge >= 0.3 is 0 Å². The number of nitrogens with zero attached hydrogens (tertiary/aromatic N) is 2. The summed E-state index contributed by atoms with van der Waals surface area (Å²) in [5.74, 6) is -0.255. The Bertz CT molecular complexity index is 1090. The fourth-order valence-corrected chi connectivity index (χ4v) is 3.93. The number of amides is 1. The van der Waals surface area contributed by atoms with Crippen LogP contribution in [0.3, 0.4) is 0 Å². The predicted molar refractivity (Wildman–Crippen MR) is 110 cm³/mol. The largest absolute Gasteiger partial charge is 0.338 e. The van der Waals surface area contributed by atoms with Gasteiger partial charge in [0.2, 0.25) is 5.91 Å². The van der Waals surface area contributed by atoms with Crippen molar-refractivity contribution >= 4 is 5.91 Å². The molecule has 1 aromatic heterocycles. The second-order valence-corrected chi connectivity index (χ2v) is 7.51. The minimum Gasteiger partial charge on any atom is -0.338 e. The Morgan fingerprint density at radius 2 is 1.76 bits per heavy atom. The molecule has 0 saturated carbocycles. The lowest BCUT2D eigenvalue weighted by Gasteiger charge is -2.30. The minimum atomic E-state index is -0.293. The number of benzene rings is 2. The van der Waals surface area contributed by atoms with Crippen molar-refractivity contribution in [3.63, 3.8) is 0 Å². The van der Waals surface area contributed by atoms with Crippen LogP contribution in [0.1, 0.15) is 34.9 Å². The maximum absolute atomic E-state index is 13.3. The third-order valence-corrected chi connectivity index (χ3v) is 5.48. The Balaban J connectivity index is 1.78. The highest BCUT2D eigenvalue weighted by atomic mass is 19.1. The predicted octanol–water partition coefficient (Wildman–Crippen LogP) is 3.53. The number of halogens is 1. The van der Waals surface area contributed by atoms with Gasteiger partial charge in [0.15, 0.2) is 0 Å². The fraction of sp³-hybridized carbons (Fsp3) is 0.250. The fourth-order valence-electron chi connectivity index (χ4n) is 3.93. The summed E-state index contributed by atoms with van der Waals surface area (Å²) in [5.41, 5.74) is 4.61. The van der Waals surface area contributed by atoms with E-state index in [9.17, 15) is 14.0 Å². The van der Waals surface area contributed by atoms with Gasteiger partial charge in [-0.15, -0.1) is 0 Å². The third-order valence-electron chi connectivity index (χ3n) is 5.48. The summed E-state index contributed by atoms with van der Waals surface area (Å²) in [7, 11) is 0. The first-order valence-corrected chi connectivity index (χ1v) is 9.79. The second-order valence-electron chi connectivity index (χ2n) is 7.51. The SMILES string of the molecule is CC(=O)N1CCc2c(cc(Cc3ccccc3)c(=O)n2Cc2ccc(F)cc2)C1. The van der Waals surface area contributed by atoms with Crippen molar-refractivity contribution in [3.05, 3.63) is 105 Å². The van der Waals surface area contributed by atoms with Gasteiger partial charge in [0, 0.05) is 44.1 Å². The van der Waals surface area contributed by atoms with Crippen molar-refractivity contribution in [2.24, 2.45) is 0 Å². The van der Waals surface area contributed by atoms with E-state index in [2.05, 4.69) is 0 Å². The van der Waals surface area contributed by atoms with Crippen molar-refractivity contribution < 1.29 is 9.18 Å². The highest BCUT2D eigenvalue weighted by Gasteiger charge is 2.23. The zero-order chi connectivity index (χ0) is 20.4. The number of hydrogen-bond acceptors (Lipinski definition) is 2. The Hall–Kier alpha value is -3.21. The van der Waals surface area contributed by atoms with Crippen LogP contribution in [0, 0.1) is 5.82 Å². The first-order valence-electron chi connectivity index (χ1n) is 9.79. The average molecular weight is 390 g/mol. The van der Waals surface area contributed by atoms with Gasteiger partial charge in [0.25, 0.3) is 5.56 Å². The molecule has 2 aromatic carbocycles. The van der Waals surface area contributed by atoms with Crippen molar-refractivity contribution in [3.8, 4) is 0 Å². The zero-order valence-corrected chi connectivity index (χ0v) is 16.4. The van der Waals surface area contributed by atoms with E-state index in [1.54, 1.807) is 28.5 Å². The van der Waals surface area contributed by atoms with Gasteiger partial charge in [-0.25, -0.2) is 4.39 Å². The maximum Gasteiger partial charge on any atom is 0.254 e. The van der Waals surface area contributed by atoms with Gasteiger partial charge in [-0.3, -0.25) is 9.59 Å². The van der Waals surface area contributed by atoms with Gasteiger partial charge in [-0.2, -0.15) is 0 Å². The van der Waals surface area contributed by atoms with E-state index >= 15 is 0 Å². The first kappa shape index (κ1) is 19.1. The Labute approximate surface area is 169 Å². The Morgan fingerprint density at radius 1 is 1.03 bits per heavy atom. The van der Waals surface area contributed by atoms with E-state index in [1.807, 2.05) is 36.4 Å². The molecule has 2 heterocycles. The van der Waals surface area contributed by atoms with Crippen LogP contribution in [0.2, 0.25) is 0 Å². The second kappa shape index (κ2) is 8.03. The molecular formula is C24H23FN2O2. The molecule has 0 bridgehead atoms. The van der Waals surface area contributed by atoms with Crippen LogP contribution in [0.4, 0.5) is 4.39 Å². The summed E-state index contributed by atoms with van der Waals surface area (Å²) < 4.78 is 15.1. The summed E-state index contributed by atoms with van der Waals surface area (Å²) >= 11 is 0. The molecule has 0 spiro atoms. The van der Waals surface area contributed by atoms with Crippen molar-refractivity contribution in [2.75, 3.05) is 6.54 Å². The van der Waals surface area contributed by atoms with Gasteiger partial charge < -0.3 is 9.47 Å². The normalized spacial score (nSPS) is 13.2. The van der Waals surface area contributed by atoms with Gasteiger partial charge in [-0.1, -0.05) is 42.5 Å². The summed E-state index contributed by atoms with van der Waals surface area (Å²) in [6.45, 7) is 3.08. The molecule has 1 amide bonds. The molecule has 0 fully saturated rings. The Kier molecular flexibility index (Phi) is 5.30. The monoisotopic (exact) mass is 390 g/mol. The highest BCUT2D eigenvalue weighted by molar-refractivity contribution is 5.73. The molecule has 1 aliphatic rings. The molecule has 0 saturated heterocycles. The number of aromatic nitrogens is 1. The quantitative estimate of drug-likeness (QED) is 0.684.